The fourth-order valence-corrected chi connectivity index (χ4v) is 6.84. The molecule has 0 saturated heterocycles. The van der Waals surface area contributed by atoms with Gasteiger partial charge in [0.15, 0.2) is 11.6 Å². The van der Waals surface area contributed by atoms with Gasteiger partial charge in [0, 0.05) is 11.5 Å². The van der Waals surface area contributed by atoms with Gasteiger partial charge in [-0.15, -0.1) is 0 Å². The summed E-state index contributed by atoms with van der Waals surface area (Å²) in [5.74, 6) is 1.22. The average Bonchev–Trinajstić information content (AvgIpc) is 2.70. The second kappa shape index (κ2) is 7.81. The number of fused-ring (bicyclic) bond motifs is 1. The molecule has 1 atom stereocenters. The maximum Gasteiger partial charge on any atom is 0.202 e. The van der Waals surface area contributed by atoms with E-state index in [2.05, 4.69) is 0 Å². The molecule has 4 fully saturated rings. The van der Waals surface area contributed by atoms with Crippen LogP contribution in [0.2, 0.25) is 0 Å². The highest BCUT2D eigenvalue weighted by atomic mass is 19.1. The number of ether oxygens (including phenoxy) is 2. The van der Waals surface area contributed by atoms with Crippen LogP contribution in [0.15, 0.2) is 6.07 Å². The molecule has 164 valence electrons. The van der Waals surface area contributed by atoms with Crippen LogP contribution in [-0.4, -0.2) is 18.4 Å². The first-order valence-corrected chi connectivity index (χ1v) is 11.8. The number of rotatable bonds is 6. The largest absolute Gasteiger partial charge is 0.545 e. The lowest BCUT2D eigenvalue weighted by molar-refractivity contribution is -0.255. The Bertz CT molecular complexity index is 805. The number of hydrogen-bond donors (Lipinski definition) is 0. The summed E-state index contributed by atoms with van der Waals surface area (Å²) >= 11 is 0. The van der Waals surface area contributed by atoms with E-state index in [-0.39, 0.29) is 23.3 Å². The van der Waals surface area contributed by atoms with Crippen molar-refractivity contribution in [2.75, 3.05) is 0 Å². The first-order valence-electron chi connectivity index (χ1n) is 11.8. The van der Waals surface area contributed by atoms with Crippen molar-refractivity contribution < 1.29 is 23.8 Å². The predicted octanol–water partition coefficient (Wildman–Crippen LogP) is 4.27. The Morgan fingerprint density at radius 1 is 1.03 bits per heavy atom. The zero-order valence-electron chi connectivity index (χ0n) is 18.0. The summed E-state index contributed by atoms with van der Waals surface area (Å²) in [6.07, 6.45) is 8.79. The molecule has 0 heterocycles. The molecule has 4 bridgehead atoms. The minimum atomic E-state index is -1.26. The normalized spacial score (nSPS) is 32.9. The topological polar surface area (TPSA) is 58.6 Å². The van der Waals surface area contributed by atoms with Crippen molar-refractivity contribution in [3.63, 3.8) is 0 Å². The Balaban J connectivity index is 1.40. The van der Waals surface area contributed by atoms with Crippen molar-refractivity contribution in [1.82, 2.24) is 0 Å². The van der Waals surface area contributed by atoms with Gasteiger partial charge in [0.1, 0.15) is 0 Å². The Morgan fingerprint density at radius 3 is 2.20 bits per heavy atom. The molecule has 1 aromatic rings. The summed E-state index contributed by atoms with van der Waals surface area (Å²) in [6.45, 7) is 4.02. The number of aromatic carboxylic acids is 1. The summed E-state index contributed by atoms with van der Waals surface area (Å²) in [5.41, 5.74) is 1.13. The second-order valence-corrected chi connectivity index (χ2v) is 10.4. The lowest BCUT2D eigenvalue weighted by atomic mass is 9.55. The van der Waals surface area contributed by atoms with E-state index < -0.39 is 18.1 Å². The quantitative estimate of drug-likeness (QED) is 0.651. The predicted molar refractivity (Wildman–Crippen MR) is 109 cm³/mol. The third-order valence-electron chi connectivity index (χ3n) is 7.99. The van der Waals surface area contributed by atoms with E-state index in [1.54, 1.807) is 0 Å². The summed E-state index contributed by atoms with van der Waals surface area (Å²) < 4.78 is 27.9. The molecule has 0 radical (unpaired) electrons. The SMILES string of the molecule is CC(C)C(Oc1cc(C(=O)[O-])c2c(c1F)CCCC2)OC1C2CC3CC(C2)CC1C3. The molecule has 0 aromatic heterocycles. The van der Waals surface area contributed by atoms with Crippen LogP contribution in [-0.2, 0) is 17.6 Å². The summed E-state index contributed by atoms with van der Waals surface area (Å²) in [4.78, 5) is 11.7. The van der Waals surface area contributed by atoms with Gasteiger partial charge in [-0.2, -0.15) is 0 Å². The van der Waals surface area contributed by atoms with Crippen molar-refractivity contribution >= 4 is 5.97 Å². The number of carbonyl (C=O) groups is 1. The Morgan fingerprint density at radius 2 is 1.63 bits per heavy atom. The van der Waals surface area contributed by atoms with Crippen LogP contribution in [0, 0.1) is 35.4 Å². The van der Waals surface area contributed by atoms with Gasteiger partial charge in [0.2, 0.25) is 6.29 Å². The van der Waals surface area contributed by atoms with E-state index in [4.69, 9.17) is 9.47 Å². The molecule has 4 nitrogen and oxygen atoms in total. The summed E-state index contributed by atoms with van der Waals surface area (Å²) in [7, 11) is 0. The fourth-order valence-electron chi connectivity index (χ4n) is 6.84. The summed E-state index contributed by atoms with van der Waals surface area (Å²) in [5, 5.41) is 11.7. The standard InChI is InChI=1S/C25H33FO4/c1-13(2)25(30-23-16-8-14-7-15(10-16)11-17(23)9-14)29-21-12-20(24(27)28)18-5-3-4-6-19(18)22(21)26/h12-17,23,25H,3-11H2,1-2H3,(H,27,28)/p-1. The lowest BCUT2D eigenvalue weighted by Crippen LogP contribution is -2.51. The summed E-state index contributed by atoms with van der Waals surface area (Å²) in [6, 6.07) is 1.32. The third-order valence-corrected chi connectivity index (χ3v) is 7.99. The maximum atomic E-state index is 15.3. The lowest BCUT2D eigenvalue weighted by Gasteiger charge is -2.54. The molecule has 5 heteroatoms. The number of carboxylic acids is 1. The monoisotopic (exact) mass is 415 g/mol. The first-order chi connectivity index (χ1) is 14.4. The van der Waals surface area contributed by atoms with Crippen LogP contribution in [0.1, 0.15) is 80.3 Å². The molecular formula is C25H32FO4-. The third kappa shape index (κ3) is 3.53. The van der Waals surface area contributed by atoms with Gasteiger partial charge in [-0.05, 0) is 98.7 Å². The highest BCUT2D eigenvalue weighted by Crippen LogP contribution is 2.55. The highest BCUT2D eigenvalue weighted by Gasteiger charge is 2.49. The zero-order valence-corrected chi connectivity index (χ0v) is 18.0. The minimum absolute atomic E-state index is 0.00244. The van der Waals surface area contributed by atoms with Gasteiger partial charge in [-0.3, -0.25) is 0 Å². The molecule has 30 heavy (non-hydrogen) atoms. The van der Waals surface area contributed by atoms with E-state index in [9.17, 15) is 9.90 Å². The van der Waals surface area contributed by atoms with Gasteiger partial charge >= 0.3 is 0 Å². The maximum absolute atomic E-state index is 15.3. The molecule has 0 amide bonds. The van der Waals surface area contributed by atoms with Gasteiger partial charge in [0.25, 0.3) is 0 Å². The van der Waals surface area contributed by atoms with Crippen molar-refractivity contribution in [1.29, 1.82) is 0 Å². The van der Waals surface area contributed by atoms with Crippen LogP contribution >= 0.6 is 0 Å². The molecule has 0 aliphatic heterocycles. The highest BCUT2D eigenvalue weighted by molar-refractivity contribution is 5.89. The number of carboxylic acid groups (broad SMARTS) is 1. The van der Waals surface area contributed by atoms with E-state index >= 15 is 4.39 Å². The van der Waals surface area contributed by atoms with Crippen molar-refractivity contribution in [2.24, 2.45) is 29.6 Å². The van der Waals surface area contributed by atoms with E-state index in [1.165, 1.54) is 38.2 Å². The molecule has 5 aliphatic rings. The Hall–Kier alpha value is -1.62. The number of benzene rings is 1. The van der Waals surface area contributed by atoms with Gasteiger partial charge in [-0.25, -0.2) is 4.39 Å². The van der Waals surface area contributed by atoms with Gasteiger partial charge in [-0.1, -0.05) is 13.8 Å². The Kier molecular flexibility index (Phi) is 5.29. The first kappa shape index (κ1) is 20.3. The average molecular weight is 416 g/mol. The van der Waals surface area contributed by atoms with Gasteiger partial charge < -0.3 is 19.4 Å². The zero-order chi connectivity index (χ0) is 21.0. The number of hydrogen-bond acceptors (Lipinski definition) is 4. The molecule has 0 spiro atoms. The van der Waals surface area contributed by atoms with Crippen LogP contribution in [0.3, 0.4) is 0 Å². The molecule has 5 aliphatic carbocycles. The molecular weight excluding hydrogens is 383 g/mol. The second-order valence-electron chi connectivity index (χ2n) is 10.4. The van der Waals surface area contributed by atoms with Crippen molar-refractivity contribution in [2.45, 2.75) is 84.0 Å². The van der Waals surface area contributed by atoms with Gasteiger partial charge in [0.05, 0.1) is 12.1 Å². The minimum Gasteiger partial charge on any atom is -0.545 e. The molecule has 4 saturated carbocycles. The number of halogens is 1. The van der Waals surface area contributed by atoms with Crippen LogP contribution in [0.4, 0.5) is 4.39 Å². The van der Waals surface area contributed by atoms with E-state index in [0.29, 0.717) is 35.8 Å². The molecule has 0 N–H and O–H groups in total. The van der Waals surface area contributed by atoms with Crippen molar-refractivity contribution in [3.8, 4) is 5.75 Å². The molecule has 6 rings (SSSR count). The number of carbonyl (C=O) groups excluding carboxylic acids is 1. The molecule has 1 aromatic carbocycles. The fraction of sp³-hybridized carbons (Fsp3) is 0.720. The Labute approximate surface area is 178 Å². The van der Waals surface area contributed by atoms with Crippen molar-refractivity contribution in [3.05, 3.63) is 28.6 Å². The van der Waals surface area contributed by atoms with E-state index in [0.717, 1.165) is 24.7 Å². The van der Waals surface area contributed by atoms with Crippen LogP contribution in [0.5, 0.6) is 5.75 Å². The molecule has 1 unspecified atom stereocenters. The van der Waals surface area contributed by atoms with E-state index in [1.807, 2.05) is 13.8 Å². The van der Waals surface area contributed by atoms with Crippen LogP contribution in [0.25, 0.3) is 0 Å². The smallest absolute Gasteiger partial charge is 0.202 e. The van der Waals surface area contributed by atoms with Crippen LogP contribution < -0.4 is 9.84 Å².